The van der Waals surface area contributed by atoms with Gasteiger partial charge in [-0.3, -0.25) is 4.79 Å². The van der Waals surface area contributed by atoms with E-state index >= 15 is 0 Å². The molecule has 1 saturated carbocycles. The number of hydrogen-bond acceptors (Lipinski definition) is 7. The van der Waals surface area contributed by atoms with Gasteiger partial charge in [-0.25, -0.2) is 14.8 Å². The van der Waals surface area contributed by atoms with Gasteiger partial charge in [-0.1, -0.05) is 0 Å². The van der Waals surface area contributed by atoms with Crippen molar-refractivity contribution in [1.29, 1.82) is 0 Å². The maximum atomic E-state index is 13.5. The Bertz CT molecular complexity index is 1370. The number of rotatable bonds is 7. The smallest absolute Gasteiger partial charge is 0.410 e. The minimum atomic E-state index is -0.537. The van der Waals surface area contributed by atoms with E-state index in [4.69, 9.17) is 14.2 Å². The first-order valence-electron chi connectivity index (χ1n) is 13.6. The number of fused-ring (bicyclic) bond motifs is 1. The number of methoxy groups -OCH3 is 1. The normalized spacial score (nSPS) is 16.3. The van der Waals surface area contributed by atoms with Crippen LogP contribution in [-0.4, -0.2) is 70.3 Å². The zero-order chi connectivity index (χ0) is 27.7. The first-order valence-corrected chi connectivity index (χ1v) is 13.6. The van der Waals surface area contributed by atoms with Crippen molar-refractivity contribution in [3.8, 4) is 22.8 Å². The molecule has 0 bridgehead atoms. The number of aromatic nitrogens is 3. The molecule has 3 aromatic rings. The van der Waals surface area contributed by atoms with E-state index in [0.29, 0.717) is 72.2 Å². The lowest BCUT2D eigenvalue weighted by atomic mass is 10.0. The van der Waals surface area contributed by atoms with Crippen LogP contribution in [0.15, 0.2) is 24.5 Å². The number of ether oxygens (including phenoxy) is 3. The van der Waals surface area contributed by atoms with Crippen molar-refractivity contribution >= 4 is 23.0 Å². The molecule has 2 aromatic heterocycles. The van der Waals surface area contributed by atoms with Crippen LogP contribution in [0.1, 0.15) is 62.5 Å². The number of likely N-dealkylation sites (tertiary alicyclic amines) is 1. The Balaban J connectivity index is 1.35. The number of aromatic amines is 1. The van der Waals surface area contributed by atoms with Crippen LogP contribution in [-0.2, 0) is 4.74 Å². The van der Waals surface area contributed by atoms with Crippen LogP contribution >= 0.6 is 0 Å². The van der Waals surface area contributed by atoms with E-state index in [-0.39, 0.29) is 18.0 Å². The largest absolute Gasteiger partial charge is 0.497 e. The Morgan fingerprint density at radius 2 is 1.87 bits per heavy atom. The summed E-state index contributed by atoms with van der Waals surface area (Å²) in [5.74, 6) is 1.81. The molecule has 208 valence electrons. The molecule has 1 aromatic carbocycles. The summed E-state index contributed by atoms with van der Waals surface area (Å²) in [5, 5.41) is 3.15. The summed E-state index contributed by atoms with van der Waals surface area (Å²) in [6, 6.07) is 5.62. The number of aryl methyl sites for hydroxylation is 1. The molecule has 10 heteroatoms. The fourth-order valence-electron chi connectivity index (χ4n) is 4.83. The van der Waals surface area contributed by atoms with Crippen molar-refractivity contribution in [3.63, 3.8) is 0 Å². The third-order valence-electron chi connectivity index (χ3n) is 7.09. The van der Waals surface area contributed by atoms with Crippen molar-refractivity contribution < 1.29 is 23.8 Å². The molecule has 2 fully saturated rings. The third-order valence-corrected chi connectivity index (χ3v) is 7.09. The highest BCUT2D eigenvalue weighted by Crippen LogP contribution is 2.38. The fourth-order valence-corrected chi connectivity index (χ4v) is 4.83. The van der Waals surface area contributed by atoms with Gasteiger partial charge in [0.25, 0.3) is 5.91 Å². The quantitative estimate of drug-likeness (QED) is 0.443. The van der Waals surface area contributed by atoms with Gasteiger partial charge in [0.1, 0.15) is 34.6 Å². The van der Waals surface area contributed by atoms with E-state index in [0.717, 1.165) is 11.3 Å². The second kappa shape index (κ2) is 10.7. The van der Waals surface area contributed by atoms with Gasteiger partial charge in [-0.05, 0) is 77.5 Å². The van der Waals surface area contributed by atoms with Crippen molar-refractivity contribution in [1.82, 2.24) is 25.2 Å². The van der Waals surface area contributed by atoms with Crippen molar-refractivity contribution in [2.45, 2.75) is 65.0 Å². The second-order valence-electron chi connectivity index (χ2n) is 11.4. The van der Waals surface area contributed by atoms with Crippen molar-refractivity contribution in [3.05, 3.63) is 35.8 Å². The van der Waals surface area contributed by atoms with E-state index in [9.17, 15) is 9.59 Å². The number of hydrogen-bond donors (Lipinski definition) is 2. The molecule has 10 nitrogen and oxygen atoms in total. The Morgan fingerprint density at radius 1 is 1.13 bits per heavy atom. The highest BCUT2D eigenvalue weighted by molar-refractivity contribution is 6.09. The van der Waals surface area contributed by atoms with E-state index < -0.39 is 5.60 Å². The molecule has 0 radical (unpaired) electrons. The Morgan fingerprint density at radius 3 is 2.54 bits per heavy atom. The highest BCUT2D eigenvalue weighted by atomic mass is 16.6. The van der Waals surface area contributed by atoms with Crippen LogP contribution in [0.2, 0.25) is 0 Å². The summed E-state index contributed by atoms with van der Waals surface area (Å²) in [4.78, 5) is 40.0. The van der Waals surface area contributed by atoms with E-state index in [1.165, 1.54) is 19.2 Å². The average molecular weight is 536 g/mol. The molecule has 2 N–H and O–H groups in total. The first-order chi connectivity index (χ1) is 18.6. The minimum absolute atomic E-state index is 0.0531. The molecular weight excluding hydrogens is 498 g/mol. The molecule has 5 rings (SSSR count). The lowest BCUT2D eigenvalue weighted by Crippen LogP contribution is -2.47. The number of H-pyrrole nitrogens is 1. The van der Waals surface area contributed by atoms with Crippen molar-refractivity contribution in [2.24, 2.45) is 5.92 Å². The van der Waals surface area contributed by atoms with Crippen LogP contribution in [0.5, 0.6) is 11.5 Å². The summed E-state index contributed by atoms with van der Waals surface area (Å²) >= 11 is 0. The predicted octanol–water partition coefficient (Wildman–Crippen LogP) is 4.86. The molecule has 0 atom stereocenters. The maximum absolute atomic E-state index is 13.5. The molecular formula is C29H37N5O5. The van der Waals surface area contributed by atoms with Crippen LogP contribution in [0, 0.1) is 12.8 Å². The lowest BCUT2D eigenvalue weighted by Gasteiger charge is -2.33. The molecule has 1 aliphatic carbocycles. The van der Waals surface area contributed by atoms with Crippen LogP contribution in [0.25, 0.3) is 22.3 Å². The van der Waals surface area contributed by atoms with Gasteiger partial charge < -0.3 is 29.4 Å². The van der Waals surface area contributed by atoms with Gasteiger partial charge in [0.2, 0.25) is 0 Å². The van der Waals surface area contributed by atoms with Crippen LogP contribution in [0.3, 0.4) is 0 Å². The molecule has 1 aliphatic heterocycles. The van der Waals surface area contributed by atoms with E-state index in [1.807, 2.05) is 45.9 Å². The maximum Gasteiger partial charge on any atom is 0.410 e. The summed E-state index contributed by atoms with van der Waals surface area (Å²) in [6.45, 7) is 9.14. The second-order valence-corrected chi connectivity index (χ2v) is 11.4. The average Bonchev–Trinajstić information content (AvgIpc) is 3.66. The Hall–Kier alpha value is -3.82. The zero-order valence-corrected chi connectivity index (χ0v) is 23.3. The number of carbonyl (C=O) groups excluding carboxylic acids is 2. The molecule has 0 unspecified atom stereocenters. The Kier molecular flexibility index (Phi) is 7.38. The van der Waals surface area contributed by atoms with Gasteiger partial charge in [-0.2, -0.15) is 0 Å². The number of piperidine rings is 1. The summed E-state index contributed by atoms with van der Waals surface area (Å²) < 4.78 is 17.1. The van der Waals surface area contributed by atoms with Gasteiger partial charge in [0.15, 0.2) is 0 Å². The topological polar surface area (TPSA) is 119 Å². The molecule has 0 spiro atoms. The molecule has 3 heterocycles. The number of nitrogens with zero attached hydrogens (tertiary/aromatic N) is 3. The third kappa shape index (κ3) is 6.10. The fraction of sp³-hybridized carbons (Fsp3) is 0.517. The van der Waals surface area contributed by atoms with Gasteiger partial charge >= 0.3 is 6.09 Å². The zero-order valence-electron chi connectivity index (χ0n) is 23.3. The van der Waals surface area contributed by atoms with Crippen LogP contribution in [0.4, 0.5) is 4.79 Å². The lowest BCUT2D eigenvalue weighted by molar-refractivity contribution is 0.0199. The standard InChI is InChI=1S/C29H37N5O5/c1-17-23(27(35)33-19-10-12-34(13-11-19)28(36)39-29(2,3)4)25-26(32-17)24(30-16-31-25)21-14-20(37-5)8-9-22(21)38-15-18-6-7-18/h8-9,14,16,18-19,32H,6-7,10-13,15H2,1-5H3,(H,33,35). The summed E-state index contributed by atoms with van der Waals surface area (Å²) in [5.41, 5.74) is 3.32. The minimum Gasteiger partial charge on any atom is -0.497 e. The van der Waals surface area contributed by atoms with Gasteiger partial charge in [-0.15, -0.1) is 0 Å². The number of nitrogens with one attached hydrogen (secondary N) is 2. The Labute approximate surface area is 228 Å². The van der Waals surface area contributed by atoms with Gasteiger partial charge in [0, 0.05) is 30.4 Å². The summed E-state index contributed by atoms with van der Waals surface area (Å²) in [6.07, 6.45) is 4.85. The van der Waals surface area contributed by atoms with Gasteiger partial charge in [0.05, 0.1) is 24.8 Å². The first kappa shape index (κ1) is 26.8. The number of carbonyl (C=O) groups is 2. The molecule has 1 saturated heterocycles. The summed E-state index contributed by atoms with van der Waals surface area (Å²) in [7, 11) is 1.62. The molecule has 39 heavy (non-hydrogen) atoms. The monoisotopic (exact) mass is 535 g/mol. The molecule has 2 aliphatic rings. The molecule has 2 amide bonds. The SMILES string of the molecule is COc1ccc(OCC2CC2)c(-c2ncnc3c(C(=O)NC4CCN(C(=O)OC(C)(C)C)CC4)c(C)[nH]c23)c1. The van der Waals surface area contributed by atoms with Crippen molar-refractivity contribution in [2.75, 3.05) is 26.8 Å². The number of amides is 2. The van der Waals surface area contributed by atoms with E-state index in [2.05, 4.69) is 20.3 Å². The van der Waals surface area contributed by atoms with E-state index in [1.54, 1.807) is 12.0 Å². The number of benzene rings is 1. The van der Waals surface area contributed by atoms with Crippen LogP contribution < -0.4 is 14.8 Å². The highest BCUT2D eigenvalue weighted by Gasteiger charge is 2.29. The predicted molar refractivity (Wildman–Crippen MR) is 147 cm³/mol.